The van der Waals surface area contributed by atoms with Crippen molar-refractivity contribution in [3.8, 4) is 6.07 Å². The lowest BCUT2D eigenvalue weighted by molar-refractivity contribution is -0.123. The van der Waals surface area contributed by atoms with Crippen molar-refractivity contribution >= 4 is 40.0 Å². The molecule has 24 heavy (non-hydrogen) atoms. The average molecular weight is 365 g/mol. The Morgan fingerprint density at radius 2 is 2.08 bits per heavy atom. The van der Waals surface area contributed by atoms with E-state index >= 15 is 0 Å². The van der Waals surface area contributed by atoms with Crippen molar-refractivity contribution in [2.24, 2.45) is 0 Å². The first-order valence-corrected chi connectivity index (χ1v) is 9.13. The number of aryl methyl sites for hydroxylation is 1. The SMILES string of the molecule is Cc1cc(N2C(=O)C(C)(C)N(CCCS(=O)O)C2=S)ccc1C#N. The second-order valence-electron chi connectivity index (χ2n) is 6.12. The van der Waals surface area contributed by atoms with Gasteiger partial charge in [-0.1, -0.05) is 0 Å². The molecule has 6 nitrogen and oxygen atoms in total. The van der Waals surface area contributed by atoms with E-state index in [1.807, 2.05) is 6.92 Å². The Bertz CT molecular complexity index is 755. The van der Waals surface area contributed by atoms with Crippen molar-refractivity contribution in [1.82, 2.24) is 4.90 Å². The van der Waals surface area contributed by atoms with E-state index in [4.69, 9.17) is 22.0 Å². The molecule has 1 heterocycles. The molecule has 0 spiro atoms. The number of hydrogen-bond donors (Lipinski definition) is 1. The van der Waals surface area contributed by atoms with Crippen LogP contribution in [0.2, 0.25) is 0 Å². The minimum absolute atomic E-state index is 0.138. The zero-order valence-corrected chi connectivity index (χ0v) is 15.4. The normalized spacial score (nSPS) is 18.0. The van der Waals surface area contributed by atoms with Crippen LogP contribution in [0.5, 0.6) is 0 Å². The summed E-state index contributed by atoms with van der Waals surface area (Å²) >= 11 is 3.62. The second-order valence-corrected chi connectivity index (χ2v) is 7.54. The van der Waals surface area contributed by atoms with Gasteiger partial charge in [0, 0.05) is 6.54 Å². The number of carbonyl (C=O) groups is 1. The lowest BCUT2D eigenvalue weighted by Crippen LogP contribution is -2.44. The van der Waals surface area contributed by atoms with Crippen LogP contribution in [-0.2, 0) is 15.9 Å². The van der Waals surface area contributed by atoms with Crippen molar-refractivity contribution in [2.45, 2.75) is 32.7 Å². The Morgan fingerprint density at radius 3 is 2.62 bits per heavy atom. The predicted molar refractivity (Wildman–Crippen MR) is 97.0 cm³/mol. The molecule has 1 fully saturated rings. The van der Waals surface area contributed by atoms with E-state index in [2.05, 4.69) is 6.07 Å². The molecule has 0 aromatic heterocycles. The minimum Gasteiger partial charge on any atom is -0.334 e. The van der Waals surface area contributed by atoms with Gasteiger partial charge < -0.3 is 9.45 Å². The van der Waals surface area contributed by atoms with Crippen LogP contribution in [0.1, 0.15) is 31.4 Å². The number of nitrogens with zero attached hydrogens (tertiary/aromatic N) is 3. The largest absolute Gasteiger partial charge is 0.334 e. The van der Waals surface area contributed by atoms with Gasteiger partial charge in [0.1, 0.15) is 5.54 Å². The summed E-state index contributed by atoms with van der Waals surface area (Å²) in [6.45, 7) is 5.81. The van der Waals surface area contributed by atoms with Gasteiger partial charge in [-0.15, -0.1) is 0 Å². The first-order valence-electron chi connectivity index (χ1n) is 7.44. The maximum absolute atomic E-state index is 12.8. The summed E-state index contributed by atoms with van der Waals surface area (Å²) in [5.74, 6) is -0.0129. The quantitative estimate of drug-likeness (QED) is 0.636. The molecule has 0 saturated carbocycles. The maximum Gasteiger partial charge on any atom is 0.258 e. The van der Waals surface area contributed by atoms with Crippen molar-refractivity contribution in [3.05, 3.63) is 29.3 Å². The van der Waals surface area contributed by atoms with Crippen LogP contribution in [0.4, 0.5) is 5.69 Å². The zero-order chi connectivity index (χ0) is 18.1. The number of hydrogen-bond acceptors (Lipinski definition) is 4. The summed E-state index contributed by atoms with van der Waals surface area (Å²) in [5.41, 5.74) is 1.13. The summed E-state index contributed by atoms with van der Waals surface area (Å²) in [7, 11) is 0. The van der Waals surface area contributed by atoms with Crippen LogP contribution in [-0.4, -0.2) is 42.5 Å². The van der Waals surface area contributed by atoms with E-state index in [1.54, 1.807) is 36.9 Å². The van der Waals surface area contributed by atoms with Gasteiger partial charge >= 0.3 is 0 Å². The molecule has 2 rings (SSSR count). The number of anilines is 1. The van der Waals surface area contributed by atoms with Crippen LogP contribution < -0.4 is 4.90 Å². The molecule has 1 saturated heterocycles. The summed E-state index contributed by atoms with van der Waals surface area (Å²) in [6, 6.07) is 7.25. The van der Waals surface area contributed by atoms with Crippen LogP contribution >= 0.6 is 12.2 Å². The molecular formula is C16H19N3O3S2. The summed E-state index contributed by atoms with van der Waals surface area (Å²) in [4.78, 5) is 16.1. The summed E-state index contributed by atoms with van der Waals surface area (Å²) < 4.78 is 19.7. The molecule has 1 N–H and O–H groups in total. The van der Waals surface area contributed by atoms with Gasteiger partial charge in [0.25, 0.3) is 5.91 Å². The molecule has 0 radical (unpaired) electrons. The zero-order valence-electron chi connectivity index (χ0n) is 13.8. The summed E-state index contributed by atoms with van der Waals surface area (Å²) in [5, 5.41) is 9.41. The monoisotopic (exact) mass is 365 g/mol. The van der Waals surface area contributed by atoms with E-state index < -0.39 is 16.6 Å². The molecule has 1 aliphatic rings. The molecule has 1 amide bonds. The Balaban J connectivity index is 2.30. The van der Waals surface area contributed by atoms with Gasteiger partial charge in [-0.2, -0.15) is 5.26 Å². The van der Waals surface area contributed by atoms with E-state index in [1.165, 1.54) is 4.90 Å². The fourth-order valence-electron chi connectivity index (χ4n) is 2.70. The third kappa shape index (κ3) is 3.34. The lowest BCUT2D eigenvalue weighted by atomic mass is 10.0. The highest BCUT2D eigenvalue weighted by molar-refractivity contribution is 7.80. The minimum atomic E-state index is -1.86. The molecule has 1 aliphatic heterocycles. The number of amides is 1. The van der Waals surface area contributed by atoms with Crippen LogP contribution in [0.3, 0.4) is 0 Å². The van der Waals surface area contributed by atoms with Crippen molar-refractivity contribution in [2.75, 3.05) is 17.2 Å². The van der Waals surface area contributed by atoms with Gasteiger partial charge in [-0.05, 0) is 63.2 Å². The maximum atomic E-state index is 12.8. The number of benzene rings is 1. The van der Waals surface area contributed by atoms with E-state index in [-0.39, 0.29) is 11.7 Å². The third-order valence-corrected chi connectivity index (χ3v) is 5.15. The molecule has 1 aromatic carbocycles. The van der Waals surface area contributed by atoms with Gasteiger partial charge in [-0.25, -0.2) is 4.21 Å². The molecule has 128 valence electrons. The van der Waals surface area contributed by atoms with Gasteiger partial charge in [-0.3, -0.25) is 9.69 Å². The molecule has 8 heteroatoms. The highest BCUT2D eigenvalue weighted by atomic mass is 32.2. The highest BCUT2D eigenvalue weighted by Gasteiger charge is 2.49. The number of nitriles is 1. The van der Waals surface area contributed by atoms with Crippen LogP contribution in [0.15, 0.2) is 18.2 Å². The highest BCUT2D eigenvalue weighted by Crippen LogP contribution is 2.33. The third-order valence-electron chi connectivity index (χ3n) is 4.11. The smallest absolute Gasteiger partial charge is 0.258 e. The van der Waals surface area contributed by atoms with E-state index in [0.29, 0.717) is 29.3 Å². The Kier molecular flexibility index (Phi) is 5.38. The standard InChI is InChI=1S/C16H19N3O3S2/c1-11-9-13(6-5-12(11)10-17)19-14(20)16(2,3)18(15(19)23)7-4-8-24(21)22/h5-6,9H,4,7-8H2,1-3H3,(H,21,22). The Hall–Kier alpha value is -1.82. The molecule has 0 bridgehead atoms. The topological polar surface area (TPSA) is 84.6 Å². The van der Waals surface area contributed by atoms with Crippen molar-refractivity contribution in [3.63, 3.8) is 0 Å². The fourth-order valence-corrected chi connectivity index (χ4v) is 3.58. The summed E-state index contributed by atoms with van der Waals surface area (Å²) in [6.07, 6.45) is 0.459. The Morgan fingerprint density at radius 1 is 1.42 bits per heavy atom. The van der Waals surface area contributed by atoms with E-state index in [9.17, 15) is 9.00 Å². The second kappa shape index (κ2) is 6.97. The first-order chi connectivity index (χ1) is 11.2. The van der Waals surface area contributed by atoms with Crippen LogP contribution in [0.25, 0.3) is 0 Å². The first kappa shape index (κ1) is 18.5. The molecule has 0 aliphatic carbocycles. The van der Waals surface area contributed by atoms with Crippen molar-refractivity contribution in [1.29, 1.82) is 5.26 Å². The number of thiocarbonyl (C=S) groups is 1. The van der Waals surface area contributed by atoms with E-state index in [0.717, 1.165) is 5.56 Å². The number of rotatable bonds is 5. The lowest BCUT2D eigenvalue weighted by Gasteiger charge is -2.29. The number of carbonyl (C=O) groups excluding carboxylic acids is 1. The fraction of sp³-hybridized carbons (Fsp3) is 0.438. The Labute approximate surface area is 149 Å². The van der Waals surface area contributed by atoms with Crippen LogP contribution in [0, 0.1) is 18.3 Å². The van der Waals surface area contributed by atoms with Gasteiger partial charge in [0.05, 0.1) is 23.1 Å². The predicted octanol–water partition coefficient (Wildman–Crippen LogP) is 2.19. The average Bonchev–Trinajstić information content (AvgIpc) is 2.66. The molecule has 1 unspecified atom stereocenters. The van der Waals surface area contributed by atoms with Crippen molar-refractivity contribution < 1.29 is 13.6 Å². The molecule has 1 atom stereocenters. The molecule has 1 aromatic rings. The molecular weight excluding hydrogens is 346 g/mol. The van der Waals surface area contributed by atoms with Gasteiger partial charge in [0.2, 0.25) is 0 Å². The van der Waals surface area contributed by atoms with Gasteiger partial charge in [0.15, 0.2) is 16.2 Å².